The molecular weight excluding hydrogens is 336 g/mol. The normalized spacial score (nSPS) is 20.5. The number of amides is 1. The summed E-state index contributed by atoms with van der Waals surface area (Å²) in [5.41, 5.74) is 3.07. The van der Waals surface area contributed by atoms with Gasteiger partial charge < -0.3 is 4.74 Å². The number of amidine groups is 1. The van der Waals surface area contributed by atoms with Gasteiger partial charge in [-0.3, -0.25) is 9.69 Å². The molecule has 0 aromatic heterocycles. The molecule has 1 atom stereocenters. The maximum Gasteiger partial charge on any atom is 0.338 e. The lowest BCUT2D eigenvalue weighted by Gasteiger charge is -2.39. The third-order valence-corrected chi connectivity index (χ3v) is 5.12. The molecule has 0 aliphatic carbocycles. The van der Waals surface area contributed by atoms with Crippen molar-refractivity contribution in [2.45, 2.75) is 46.3 Å². The summed E-state index contributed by atoms with van der Waals surface area (Å²) in [6, 6.07) is 7.42. The maximum absolute atomic E-state index is 12.8. The van der Waals surface area contributed by atoms with Gasteiger partial charge in [0, 0.05) is 12.2 Å². The second-order valence-electron chi connectivity index (χ2n) is 6.52. The molecule has 1 amide bonds. The standard InChI is InChI=1S/C19H22N2O3S/c1-11(2)24-18(23)16-13(4)20-19-21(15(22)9-10-25-19)17(16)14-7-5-12(3)6-8-14/h5-8,11,17H,9-10H2,1-4H3/t17-/m1/s1. The Kier molecular flexibility index (Phi) is 4.99. The Labute approximate surface area is 152 Å². The molecule has 1 aromatic rings. The summed E-state index contributed by atoms with van der Waals surface area (Å²) in [5, 5.41) is 0.667. The van der Waals surface area contributed by atoms with Crippen LogP contribution in [-0.4, -0.2) is 33.8 Å². The van der Waals surface area contributed by atoms with E-state index in [9.17, 15) is 9.59 Å². The van der Waals surface area contributed by atoms with Gasteiger partial charge in [-0.1, -0.05) is 41.6 Å². The molecule has 6 heteroatoms. The number of aryl methyl sites for hydroxylation is 1. The fourth-order valence-corrected chi connectivity index (χ4v) is 4.01. The van der Waals surface area contributed by atoms with Crippen molar-refractivity contribution in [3.8, 4) is 0 Å². The van der Waals surface area contributed by atoms with Gasteiger partial charge in [0.1, 0.15) is 0 Å². The summed E-state index contributed by atoms with van der Waals surface area (Å²) in [4.78, 5) is 31.6. The molecule has 2 heterocycles. The van der Waals surface area contributed by atoms with E-state index < -0.39 is 12.0 Å². The zero-order valence-corrected chi connectivity index (χ0v) is 15.7. The van der Waals surface area contributed by atoms with Crippen molar-refractivity contribution < 1.29 is 14.3 Å². The van der Waals surface area contributed by atoms with Crippen molar-refractivity contribution in [3.63, 3.8) is 0 Å². The fraction of sp³-hybridized carbons (Fsp3) is 0.421. The number of carbonyl (C=O) groups excluding carboxylic acids is 2. The number of esters is 1. The Morgan fingerprint density at radius 2 is 1.96 bits per heavy atom. The Morgan fingerprint density at radius 3 is 2.60 bits per heavy atom. The third kappa shape index (κ3) is 3.49. The molecule has 25 heavy (non-hydrogen) atoms. The Bertz CT molecular complexity index is 765. The number of allylic oxidation sites excluding steroid dienone is 1. The summed E-state index contributed by atoms with van der Waals surface area (Å²) in [5.74, 6) is 0.295. The summed E-state index contributed by atoms with van der Waals surface area (Å²) in [6.45, 7) is 7.44. The number of rotatable bonds is 3. The number of thioether (sulfide) groups is 1. The quantitative estimate of drug-likeness (QED) is 0.775. The number of nitrogens with zero attached hydrogens (tertiary/aromatic N) is 2. The molecule has 3 rings (SSSR count). The lowest BCUT2D eigenvalue weighted by atomic mass is 9.93. The average molecular weight is 358 g/mol. The summed E-state index contributed by atoms with van der Waals surface area (Å²) in [7, 11) is 0. The highest BCUT2D eigenvalue weighted by Gasteiger charge is 2.41. The van der Waals surface area contributed by atoms with Crippen LogP contribution in [-0.2, 0) is 14.3 Å². The predicted octanol–water partition coefficient (Wildman–Crippen LogP) is 3.60. The summed E-state index contributed by atoms with van der Waals surface area (Å²) in [6.07, 6.45) is 0.209. The molecule has 5 nitrogen and oxygen atoms in total. The van der Waals surface area contributed by atoms with Gasteiger partial charge in [0.25, 0.3) is 0 Å². The van der Waals surface area contributed by atoms with Gasteiger partial charge in [-0.2, -0.15) is 0 Å². The minimum absolute atomic E-state index is 0.00887. The van der Waals surface area contributed by atoms with Crippen LogP contribution in [0.3, 0.4) is 0 Å². The SMILES string of the molecule is CC1=C(C(=O)OC(C)C)[C@@H](c2ccc(C)cc2)N2C(=O)CCSC2=N1. The highest BCUT2D eigenvalue weighted by molar-refractivity contribution is 8.14. The predicted molar refractivity (Wildman–Crippen MR) is 99.2 cm³/mol. The van der Waals surface area contributed by atoms with Gasteiger partial charge in [-0.05, 0) is 33.3 Å². The number of hydrogen-bond donors (Lipinski definition) is 0. The van der Waals surface area contributed by atoms with Gasteiger partial charge in [-0.15, -0.1) is 0 Å². The van der Waals surface area contributed by atoms with Crippen LogP contribution in [0.1, 0.15) is 44.4 Å². The molecule has 2 aliphatic heterocycles. The summed E-state index contributed by atoms with van der Waals surface area (Å²) < 4.78 is 5.44. The van der Waals surface area contributed by atoms with Crippen LogP contribution in [0.25, 0.3) is 0 Å². The number of benzene rings is 1. The molecule has 0 spiro atoms. The Hall–Kier alpha value is -2.08. The molecule has 0 bridgehead atoms. The number of ether oxygens (including phenoxy) is 1. The second-order valence-corrected chi connectivity index (χ2v) is 7.59. The first kappa shape index (κ1) is 17.7. The second kappa shape index (κ2) is 7.04. The van der Waals surface area contributed by atoms with Gasteiger partial charge in [0.2, 0.25) is 5.91 Å². The van der Waals surface area contributed by atoms with E-state index in [0.29, 0.717) is 28.6 Å². The lowest BCUT2D eigenvalue weighted by Crippen LogP contribution is -2.46. The number of fused-ring (bicyclic) bond motifs is 1. The monoisotopic (exact) mass is 358 g/mol. The molecule has 132 valence electrons. The smallest absolute Gasteiger partial charge is 0.338 e. The first-order valence-corrected chi connectivity index (χ1v) is 9.39. The van der Waals surface area contributed by atoms with Crippen molar-refractivity contribution in [1.82, 2.24) is 4.90 Å². The third-order valence-electron chi connectivity index (χ3n) is 4.16. The molecule has 0 radical (unpaired) electrons. The largest absolute Gasteiger partial charge is 0.459 e. The Morgan fingerprint density at radius 1 is 1.28 bits per heavy atom. The Balaban J connectivity index is 2.12. The van der Waals surface area contributed by atoms with E-state index in [1.165, 1.54) is 0 Å². The van der Waals surface area contributed by atoms with E-state index in [1.54, 1.807) is 16.7 Å². The zero-order valence-electron chi connectivity index (χ0n) is 14.9. The molecule has 1 saturated heterocycles. The molecule has 0 unspecified atom stereocenters. The van der Waals surface area contributed by atoms with Crippen molar-refractivity contribution in [1.29, 1.82) is 0 Å². The van der Waals surface area contributed by atoms with E-state index in [-0.39, 0.29) is 12.0 Å². The lowest BCUT2D eigenvalue weighted by molar-refractivity contribution is -0.143. The molecule has 0 N–H and O–H groups in total. The van der Waals surface area contributed by atoms with Crippen LogP contribution in [0, 0.1) is 6.92 Å². The van der Waals surface area contributed by atoms with E-state index in [2.05, 4.69) is 4.99 Å². The van der Waals surface area contributed by atoms with Gasteiger partial charge in [-0.25, -0.2) is 9.79 Å². The molecule has 1 fully saturated rings. The van der Waals surface area contributed by atoms with Crippen LogP contribution < -0.4 is 0 Å². The van der Waals surface area contributed by atoms with Crippen LogP contribution >= 0.6 is 11.8 Å². The van der Waals surface area contributed by atoms with Crippen LogP contribution in [0.5, 0.6) is 0 Å². The van der Waals surface area contributed by atoms with Gasteiger partial charge in [0.15, 0.2) is 5.17 Å². The van der Waals surface area contributed by atoms with Crippen molar-refractivity contribution in [2.75, 3.05) is 5.75 Å². The van der Waals surface area contributed by atoms with Crippen molar-refractivity contribution in [3.05, 3.63) is 46.7 Å². The van der Waals surface area contributed by atoms with Gasteiger partial charge >= 0.3 is 5.97 Å². The first-order valence-electron chi connectivity index (χ1n) is 8.40. The van der Waals surface area contributed by atoms with E-state index in [1.807, 2.05) is 52.0 Å². The average Bonchev–Trinajstić information content (AvgIpc) is 2.53. The van der Waals surface area contributed by atoms with Crippen molar-refractivity contribution >= 4 is 28.8 Å². The van der Waals surface area contributed by atoms with Crippen molar-refractivity contribution in [2.24, 2.45) is 4.99 Å². The molecule has 1 aromatic carbocycles. The van der Waals surface area contributed by atoms with E-state index in [0.717, 1.165) is 11.1 Å². The van der Waals surface area contributed by atoms with Crippen LogP contribution in [0.2, 0.25) is 0 Å². The van der Waals surface area contributed by atoms with Crippen LogP contribution in [0.4, 0.5) is 0 Å². The fourth-order valence-electron chi connectivity index (χ4n) is 3.00. The topological polar surface area (TPSA) is 59.0 Å². The van der Waals surface area contributed by atoms with Crippen LogP contribution in [0.15, 0.2) is 40.5 Å². The highest BCUT2D eigenvalue weighted by atomic mass is 32.2. The minimum Gasteiger partial charge on any atom is -0.459 e. The molecular formula is C19H22N2O3S. The highest BCUT2D eigenvalue weighted by Crippen LogP contribution is 2.40. The molecule has 2 aliphatic rings. The molecule has 0 saturated carbocycles. The first-order chi connectivity index (χ1) is 11.9. The van der Waals surface area contributed by atoms with Gasteiger partial charge in [0.05, 0.1) is 23.4 Å². The number of carbonyl (C=O) groups is 2. The summed E-state index contributed by atoms with van der Waals surface area (Å²) >= 11 is 1.55. The van der Waals surface area contributed by atoms with E-state index in [4.69, 9.17) is 4.74 Å². The number of hydrogen-bond acceptors (Lipinski definition) is 5. The number of aliphatic imine (C=N–C) groups is 1. The van der Waals surface area contributed by atoms with E-state index >= 15 is 0 Å². The minimum atomic E-state index is -0.486. The maximum atomic E-state index is 12.8. The zero-order chi connectivity index (χ0) is 18.1.